The lowest BCUT2D eigenvalue weighted by atomic mass is 10.3. The van der Waals surface area contributed by atoms with Crippen molar-refractivity contribution in [3.63, 3.8) is 0 Å². The Morgan fingerprint density at radius 1 is 1.67 bits per heavy atom. The molecule has 0 aliphatic heterocycles. The highest BCUT2D eigenvalue weighted by atomic mass is 32.1. The molecular weight excluding hydrogens is 248 g/mol. The molecule has 0 radical (unpaired) electrons. The molecule has 0 bridgehead atoms. The quantitative estimate of drug-likeness (QED) is 0.775. The van der Waals surface area contributed by atoms with Gasteiger partial charge in [0.2, 0.25) is 0 Å². The maximum Gasteiger partial charge on any atom is 0.293 e. The highest BCUT2D eigenvalue weighted by molar-refractivity contribution is 7.80. The minimum absolute atomic E-state index is 0.0326. The van der Waals surface area contributed by atoms with Gasteiger partial charge in [-0.25, -0.2) is 4.98 Å². The van der Waals surface area contributed by atoms with Crippen LogP contribution in [0.1, 0.15) is 26.2 Å². The van der Waals surface area contributed by atoms with E-state index in [0.717, 1.165) is 12.8 Å². The largest absolute Gasteiger partial charge is 0.393 e. The number of aromatic nitrogens is 2. The Morgan fingerprint density at radius 3 is 2.94 bits per heavy atom. The average molecular weight is 266 g/mol. The molecule has 0 saturated heterocycles. The second kappa shape index (κ2) is 5.48. The summed E-state index contributed by atoms with van der Waals surface area (Å²) in [7, 11) is 0. The van der Waals surface area contributed by atoms with E-state index in [-0.39, 0.29) is 5.56 Å². The first-order valence-corrected chi connectivity index (χ1v) is 6.64. The molecule has 1 aromatic rings. The van der Waals surface area contributed by atoms with Crippen molar-refractivity contribution < 1.29 is 0 Å². The second-order valence-electron chi connectivity index (χ2n) is 4.48. The molecule has 1 aliphatic rings. The number of anilines is 1. The van der Waals surface area contributed by atoms with Crippen LogP contribution in [0.2, 0.25) is 0 Å². The van der Waals surface area contributed by atoms with E-state index in [0.29, 0.717) is 36.4 Å². The van der Waals surface area contributed by atoms with Gasteiger partial charge in [-0.2, -0.15) is 0 Å². The Balaban J connectivity index is 2.25. The fourth-order valence-corrected chi connectivity index (χ4v) is 2.05. The normalized spacial score (nSPS) is 14.5. The predicted molar refractivity (Wildman–Crippen MR) is 75.9 cm³/mol. The van der Waals surface area contributed by atoms with Crippen molar-refractivity contribution in [3.05, 3.63) is 22.7 Å². The van der Waals surface area contributed by atoms with E-state index in [4.69, 9.17) is 18.0 Å². The maximum absolute atomic E-state index is 12.2. The number of nitrogens with two attached hydrogens (primary N) is 1. The summed E-state index contributed by atoms with van der Waals surface area (Å²) in [5, 5.41) is 0. The van der Waals surface area contributed by atoms with Crippen molar-refractivity contribution >= 4 is 23.0 Å². The van der Waals surface area contributed by atoms with E-state index in [1.807, 2.05) is 11.8 Å². The lowest BCUT2D eigenvalue weighted by Crippen LogP contribution is -2.36. The van der Waals surface area contributed by atoms with Gasteiger partial charge in [-0.3, -0.25) is 4.79 Å². The summed E-state index contributed by atoms with van der Waals surface area (Å²) in [4.78, 5) is 19.0. The zero-order valence-electron chi connectivity index (χ0n) is 10.5. The molecule has 2 N–H and O–H groups in total. The number of thiocarbonyl (C=S) groups is 1. The summed E-state index contributed by atoms with van der Waals surface area (Å²) in [6, 6.07) is 0.423. The van der Waals surface area contributed by atoms with E-state index in [1.165, 1.54) is 0 Å². The number of hydrogen-bond donors (Lipinski definition) is 1. The second-order valence-corrected chi connectivity index (χ2v) is 5.01. The Kier molecular flexibility index (Phi) is 3.96. The van der Waals surface area contributed by atoms with E-state index in [2.05, 4.69) is 4.98 Å². The summed E-state index contributed by atoms with van der Waals surface area (Å²) >= 11 is 4.90. The summed E-state index contributed by atoms with van der Waals surface area (Å²) in [5.74, 6) is 0.526. The molecule has 0 atom stereocenters. The fraction of sp³-hybridized carbons (Fsp3) is 0.583. The molecule has 1 heterocycles. The van der Waals surface area contributed by atoms with Gasteiger partial charge in [0.05, 0.1) is 4.99 Å². The first-order valence-electron chi connectivity index (χ1n) is 6.24. The molecule has 2 rings (SSSR count). The lowest BCUT2D eigenvalue weighted by molar-refractivity contribution is 0.694. The van der Waals surface area contributed by atoms with Crippen LogP contribution in [0.4, 0.5) is 5.82 Å². The van der Waals surface area contributed by atoms with Gasteiger partial charge in [0, 0.05) is 37.9 Å². The van der Waals surface area contributed by atoms with Crippen LogP contribution in [0.25, 0.3) is 0 Å². The third kappa shape index (κ3) is 2.87. The molecule has 1 saturated carbocycles. The minimum atomic E-state index is -0.0326. The van der Waals surface area contributed by atoms with Gasteiger partial charge in [-0.15, -0.1) is 0 Å². The highest BCUT2D eigenvalue weighted by Crippen LogP contribution is 2.29. The summed E-state index contributed by atoms with van der Waals surface area (Å²) < 4.78 is 1.67. The molecule has 98 valence electrons. The van der Waals surface area contributed by atoms with Crippen molar-refractivity contribution in [2.24, 2.45) is 5.73 Å². The molecule has 1 aromatic heterocycles. The number of nitrogens with zero attached hydrogens (tertiary/aromatic N) is 3. The van der Waals surface area contributed by atoms with Crippen LogP contribution in [0.15, 0.2) is 17.2 Å². The monoisotopic (exact) mass is 266 g/mol. The number of hydrogen-bond acceptors (Lipinski definition) is 4. The molecule has 0 aromatic carbocycles. The summed E-state index contributed by atoms with van der Waals surface area (Å²) in [5.41, 5.74) is 5.50. The summed E-state index contributed by atoms with van der Waals surface area (Å²) in [6.07, 6.45) is 6.23. The number of aryl methyl sites for hydroxylation is 1. The minimum Gasteiger partial charge on any atom is -0.393 e. The van der Waals surface area contributed by atoms with E-state index >= 15 is 0 Å². The van der Waals surface area contributed by atoms with E-state index in [9.17, 15) is 4.79 Å². The van der Waals surface area contributed by atoms with E-state index in [1.54, 1.807) is 17.0 Å². The summed E-state index contributed by atoms with van der Waals surface area (Å²) in [6.45, 7) is 3.28. The van der Waals surface area contributed by atoms with Crippen molar-refractivity contribution in [1.29, 1.82) is 0 Å². The van der Waals surface area contributed by atoms with Gasteiger partial charge in [0.15, 0.2) is 5.82 Å². The van der Waals surface area contributed by atoms with Gasteiger partial charge >= 0.3 is 0 Å². The van der Waals surface area contributed by atoms with Gasteiger partial charge in [-0.1, -0.05) is 12.2 Å². The Bertz CT molecular complexity index is 495. The topological polar surface area (TPSA) is 64.2 Å². The standard InChI is InChI=1S/C12H18N4OS/c1-2-15-8-6-14-11(12(15)17)16(9-3-4-9)7-5-10(13)18/h6,8-9H,2-5,7H2,1H3,(H2,13,18). The smallest absolute Gasteiger partial charge is 0.293 e. The fourth-order valence-electron chi connectivity index (χ4n) is 1.96. The number of rotatable bonds is 6. The lowest BCUT2D eigenvalue weighted by Gasteiger charge is -2.22. The maximum atomic E-state index is 12.2. The SMILES string of the molecule is CCn1ccnc(N(CCC(N)=S)C2CC2)c1=O. The molecule has 18 heavy (non-hydrogen) atoms. The molecule has 1 fully saturated rings. The van der Waals surface area contributed by atoms with Crippen molar-refractivity contribution in [1.82, 2.24) is 9.55 Å². The first kappa shape index (κ1) is 13.0. The van der Waals surface area contributed by atoms with Gasteiger partial charge < -0.3 is 15.2 Å². The van der Waals surface area contributed by atoms with Crippen molar-refractivity contribution in [2.75, 3.05) is 11.4 Å². The van der Waals surface area contributed by atoms with Crippen LogP contribution < -0.4 is 16.2 Å². The Labute approximate surface area is 112 Å². The third-order valence-electron chi connectivity index (χ3n) is 3.10. The zero-order valence-corrected chi connectivity index (χ0v) is 11.3. The van der Waals surface area contributed by atoms with Crippen LogP contribution >= 0.6 is 12.2 Å². The molecule has 1 aliphatic carbocycles. The van der Waals surface area contributed by atoms with Gasteiger partial charge in [0.25, 0.3) is 5.56 Å². The molecule has 5 nitrogen and oxygen atoms in total. The molecule has 0 spiro atoms. The van der Waals surface area contributed by atoms with Crippen LogP contribution in [-0.4, -0.2) is 27.1 Å². The van der Waals surface area contributed by atoms with Crippen molar-refractivity contribution in [3.8, 4) is 0 Å². The molecule has 0 amide bonds. The Morgan fingerprint density at radius 2 is 2.39 bits per heavy atom. The first-order chi connectivity index (χ1) is 8.63. The zero-order chi connectivity index (χ0) is 13.1. The molecular formula is C12H18N4OS. The van der Waals surface area contributed by atoms with Gasteiger partial charge in [0.1, 0.15) is 0 Å². The highest BCUT2D eigenvalue weighted by Gasteiger charge is 2.31. The van der Waals surface area contributed by atoms with Crippen LogP contribution in [0.3, 0.4) is 0 Å². The predicted octanol–water partition coefficient (Wildman–Crippen LogP) is 0.908. The van der Waals surface area contributed by atoms with Crippen LogP contribution in [0.5, 0.6) is 0 Å². The van der Waals surface area contributed by atoms with Crippen molar-refractivity contribution in [2.45, 2.75) is 38.8 Å². The van der Waals surface area contributed by atoms with Crippen LogP contribution in [-0.2, 0) is 6.54 Å². The van der Waals surface area contributed by atoms with Crippen LogP contribution in [0, 0.1) is 0 Å². The third-order valence-corrected chi connectivity index (χ3v) is 3.30. The molecule has 6 heteroatoms. The average Bonchev–Trinajstić information content (AvgIpc) is 3.15. The van der Waals surface area contributed by atoms with E-state index < -0.39 is 0 Å². The Hall–Kier alpha value is -1.43. The molecule has 0 unspecified atom stereocenters. The van der Waals surface area contributed by atoms with Gasteiger partial charge in [-0.05, 0) is 19.8 Å².